The van der Waals surface area contributed by atoms with E-state index < -0.39 is 0 Å². The third-order valence-electron chi connectivity index (χ3n) is 1.24. The quantitative estimate of drug-likeness (QED) is 0.640. The van der Waals surface area contributed by atoms with Crippen LogP contribution < -0.4 is 0 Å². The summed E-state index contributed by atoms with van der Waals surface area (Å²) in [7, 11) is 0. The molecule has 1 rings (SSSR count). The van der Waals surface area contributed by atoms with Gasteiger partial charge in [-0.05, 0) is 18.6 Å². The van der Waals surface area contributed by atoms with Gasteiger partial charge in [0.15, 0.2) is 0 Å². The van der Waals surface area contributed by atoms with Crippen molar-refractivity contribution in [1.29, 1.82) is 0 Å². The summed E-state index contributed by atoms with van der Waals surface area (Å²) in [5.41, 5.74) is 1.75. The number of allylic oxidation sites excluding steroid dienone is 1. The van der Waals surface area contributed by atoms with Crippen LogP contribution in [0, 0.1) is 0 Å². The van der Waals surface area contributed by atoms with Crippen LogP contribution in [0.15, 0.2) is 27.5 Å². The van der Waals surface area contributed by atoms with Gasteiger partial charge in [-0.25, -0.2) is 0 Å². The lowest BCUT2D eigenvalue weighted by atomic mass is 10.2. The van der Waals surface area contributed by atoms with Crippen molar-refractivity contribution in [3.8, 4) is 0 Å². The third-order valence-corrected chi connectivity index (χ3v) is 1.80. The Labute approximate surface area is 69.2 Å². The van der Waals surface area contributed by atoms with E-state index in [1.54, 1.807) is 18.6 Å². The van der Waals surface area contributed by atoms with Crippen LogP contribution in [0.5, 0.6) is 0 Å². The second kappa shape index (κ2) is 3.13. The predicted octanol–water partition coefficient (Wildman–Crippen LogP) is 3.45. The summed E-state index contributed by atoms with van der Waals surface area (Å²) >= 11 is 11.0. The Morgan fingerprint density at radius 3 is 2.60 bits per heavy atom. The summed E-state index contributed by atoms with van der Waals surface area (Å²) in [5, 5.41) is 0. The average molecular weight is 177 g/mol. The van der Waals surface area contributed by atoms with E-state index in [-0.39, 0.29) is 4.49 Å². The van der Waals surface area contributed by atoms with Crippen LogP contribution in [0.25, 0.3) is 5.57 Å². The molecule has 0 saturated carbocycles. The van der Waals surface area contributed by atoms with Gasteiger partial charge in [0, 0.05) is 5.56 Å². The van der Waals surface area contributed by atoms with Crippen molar-refractivity contribution in [1.82, 2.24) is 0 Å². The fourth-order valence-corrected chi connectivity index (χ4v) is 0.805. The van der Waals surface area contributed by atoms with E-state index in [9.17, 15) is 0 Å². The Bertz CT molecular complexity index is 232. The van der Waals surface area contributed by atoms with Gasteiger partial charge < -0.3 is 4.42 Å². The number of hydrogen-bond donors (Lipinski definition) is 0. The minimum absolute atomic E-state index is 0.279. The fraction of sp³-hybridized carbons (Fsp3) is 0.143. The summed E-state index contributed by atoms with van der Waals surface area (Å²) in [6, 6.07) is 1.81. The summed E-state index contributed by atoms with van der Waals surface area (Å²) in [5.74, 6) is 0. The highest BCUT2D eigenvalue weighted by molar-refractivity contribution is 6.58. The summed E-state index contributed by atoms with van der Waals surface area (Å²) in [4.78, 5) is 0. The van der Waals surface area contributed by atoms with Crippen LogP contribution in [-0.2, 0) is 0 Å². The van der Waals surface area contributed by atoms with Crippen LogP contribution in [0.3, 0.4) is 0 Å². The molecular weight excluding hydrogens is 171 g/mol. The Kier molecular flexibility index (Phi) is 2.41. The van der Waals surface area contributed by atoms with Gasteiger partial charge in [0.2, 0.25) is 0 Å². The van der Waals surface area contributed by atoms with E-state index in [0.29, 0.717) is 0 Å². The zero-order valence-corrected chi connectivity index (χ0v) is 6.91. The molecule has 0 spiro atoms. The smallest absolute Gasteiger partial charge is 0.110 e. The third kappa shape index (κ3) is 1.55. The van der Waals surface area contributed by atoms with Crippen LogP contribution in [-0.4, -0.2) is 0 Å². The molecule has 0 saturated heterocycles. The van der Waals surface area contributed by atoms with Crippen LogP contribution in [0.1, 0.15) is 12.5 Å². The summed E-state index contributed by atoms with van der Waals surface area (Å²) in [6.07, 6.45) is 3.18. The Morgan fingerprint density at radius 1 is 1.50 bits per heavy atom. The number of hydrogen-bond acceptors (Lipinski definition) is 1. The molecule has 1 heterocycles. The topological polar surface area (TPSA) is 13.1 Å². The molecule has 0 aliphatic rings. The molecule has 0 fully saturated rings. The van der Waals surface area contributed by atoms with Crippen molar-refractivity contribution < 1.29 is 4.42 Å². The highest BCUT2D eigenvalue weighted by Gasteiger charge is 1.99. The molecule has 1 nitrogen and oxygen atoms in total. The van der Waals surface area contributed by atoms with Gasteiger partial charge in [-0.3, -0.25) is 0 Å². The van der Waals surface area contributed by atoms with Crippen LogP contribution in [0.4, 0.5) is 0 Å². The highest BCUT2D eigenvalue weighted by atomic mass is 35.5. The van der Waals surface area contributed by atoms with Gasteiger partial charge in [-0.15, -0.1) is 0 Å². The molecule has 0 bridgehead atoms. The molecule has 3 heteroatoms. The zero-order chi connectivity index (χ0) is 7.56. The first-order valence-electron chi connectivity index (χ1n) is 2.76. The second-order valence-corrected chi connectivity index (χ2v) is 2.85. The van der Waals surface area contributed by atoms with Crippen molar-refractivity contribution in [3.63, 3.8) is 0 Å². The van der Waals surface area contributed by atoms with Crippen molar-refractivity contribution in [3.05, 3.63) is 28.6 Å². The molecule has 0 amide bonds. The molecule has 0 N–H and O–H groups in total. The van der Waals surface area contributed by atoms with Crippen LogP contribution >= 0.6 is 23.2 Å². The molecule has 0 aromatic carbocycles. The largest absolute Gasteiger partial charge is 0.472 e. The van der Waals surface area contributed by atoms with Crippen molar-refractivity contribution in [2.45, 2.75) is 6.92 Å². The minimum atomic E-state index is 0.279. The van der Waals surface area contributed by atoms with E-state index in [0.717, 1.165) is 11.1 Å². The van der Waals surface area contributed by atoms with Gasteiger partial charge in [-0.2, -0.15) is 0 Å². The normalized spacial score (nSPS) is 9.50. The molecule has 0 unspecified atom stereocenters. The van der Waals surface area contributed by atoms with Gasteiger partial charge in [0.05, 0.1) is 12.5 Å². The van der Waals surface area contributed by atoms with Crippen molar-refractivity contribution >= 4 is 28.8 Å². The Morgan fingerprint density at radius 2 is 2.20 bits per heavy atom. The van der Waals surface area contributed by atoms with Gasteiger partial charge in [0.1, 0.15) is 4.49 Å². The maximum atomic E-state index is 5.52. The van der Waals surface area contributed by atoms with E-state index in [2.05, 4.69) is 0 Å². The Balaban J connectivity index is 2.99. The zero-order valence-electron chi connectivity index (χ0n) is 5.40. The first-order chi connectivity index (χ1) is 4.72. The van der Waals surface area contributed by atoms with Crippen LogP contribution in [0.2, 0.25) is 0 Å². The highest BCUT2D eigenvalue weighted by Crippen LogP contribution is 2.23. The predicted molar refractivity (Wildman–Crippen MR) is 43.0 cm³/mol. The maximum Gasteiger partial charge on any atom is 0.110 e. The lowest BCUT2D eigenvalue weighted by Gasteiger charge is -1.92. The first kappa shape index (κ1) is 7.70. The SMILES string of the molecule is CC(=C(Cl)Cl)c1ccoc1. The lowest BCUT2D eigenvalue weighted by Crippen LogP contribution is -1.72. The Hall–Kier alpha value is -0.400. The van der Waals surface area contributed by atoms with Gasteiger partial charge >= 0.3 is 0 Å². The first-order valence-corrected chi connectivity index (χ1v) is 3.52. The standard InChI is InChI=1S/C7H6Cl2O/c1-5(7(8)9)6-2-3-10-4-6/h2-4H,1H3. The van der Waals surface area contributed by atoms with E-state index in [4.69, 9.17) is 27.6 Å². The second-order valence-electron chi connectivity index (χ2n) is 1.90. The fourth-order valence-electron chi connectivity index (χ4n) is 0.587. The molecule has 0 aliphatic carbocycles. The number of halogens is 2. The van der Waals surface area contributed by atoms with E-state index in [1.807, 2.05) is 6.92 Å². The number of furan rings is 1. The van der Waals surface area contributed by atoms with Crippen molar-refractivity contribution in [2.75, 3.05) is 0 Å². The van der Waals surface area contributed by atoms with Crippen molar-refractivity contribution in [2.24, 2.45) is 0 Å². The number of rotatable bonds is 1. The average Bonchev–Trinajstić information content (AvgIpc) is 2.36. The monoisotopic (exact) mass is 176 g/mol. The lowest BCUT2D eigenvalue weighted by molar-refractivity contribution is 0.566. The minimum Gasteiger partial charge on any atom is -0.472 e. The molecule has 0 atom stereocenters. The maximum absolute atomic E-state index is 5.52. The molecule has 54 valence electrons. The molecule has 1 aromatic heterocycles. The van der Waals surface area contributed by atoms with Gasteiger partial charge in [-0.1, -0.05) is 23.2 Å². The molecule has 0 aliphatic heterocycles. The molecular formula is C7H6Cl2O. The summed E-state index contributed by atoms with van der Waals surface area (Å²) in [6.45, 7) is 1.83. The van der Waals surface area contributed by atoms with E-state index in [1.165, 1.54) is 0 Å². The molecule has 0 radical (unpaired) electrons. The van der Waals surface area contributed by atoms with Gasteiger partial charge in [0.25, 0.3) is 0 Å². The summed E-state index contributed by atoms with van der Waals surface area (Å²) < 4.78 is 5.11. The van der Waals surface area contributed by atoms with E-state index >= 15 is 0 Å². The molecule has 10 heavy (non-hydrogen) atoms. The molecule has 1 aromatic rings.